The molecule has 0 aromatic carbocycles. The fraction of sp³-hybridized carbons (Fsp3) is 0.692. The zero-order valence-electron chi connectivity index (χ0n) is 12.5. The summed E-state index contributed by atoms with van der Waals surface area (Å²) in [6, 6.07) is 0.242. The second-order valence-corrected chi connectivity index (χ2v) is 6.65. The van der Waals surface area contributed by atoms with Crippen LogP contribution >= 0.6 is 11.8 Å². The van der Waals surface area contributed by atoms with Crippen LogP contribution in [0.15, 0.2) is 0 Å². The van der Waals surface area contributed by atoms with E-state index < -0.39 is 4.92 Å². The second kappa shape index (κ2) is 6.93. The van der Waals surface area contributed by atoms with Gasteiger partial charge in [-0.15, -0.1) is 0 Å². The number of nitrogens with one attached hydrogen (secondary N) is 2. The topological polar surface area (TPSA) is 93.0 Å². The van der Waals surface area contributed by atoms with Gasteiger partial charge in [-0.2, -0.15) is 16.7 Å². The first-order valence-electron chi connectivity index (χ1n) is 7.14. The van der Waals surface area contributed by atoms with Crippen LogP contribution in [0.4, 0.5) is 17.5 Å². The summed E-state index contributed by atoms with van der Waals surface area (Å²) < 4.78 is 0. The number of nitrogens with zero attached hydrogens (tertiary/aromatic N) is 3. The Bertz CT molecular complexity index is 526. The van der Waals surface area contributed by atoms with E-state index in [0.29, 0.717) is 22.7 Å². The maximum Gasteiger partial charge on any atom is 0.332 e. The number of anilines is 2. The van der Waals surface area contributed by atoms with Gasteiger partial charge in [0.2, 0.25) is 11.8 Å². The standard InChI is InChI=1S/C13H21N5O2S/c1-4-21-10-6-5-9(7-10)16-12-11(18(19)20)8(2)15-13(14-3)17-12/h9-10H,4-7H2,1-3H3,(H2,14,15,16,17). The highest BCUT2D eigenvalue weighted by atomic mass is 32.2. The summed E-state index contributed by atoms with van der Waals surface area (Å²) in [5.41, 5.74) is 0.347. The molecule has 1 saturated carbocycles. The van der Waals surface area contributed by atoms with E-state index in [0.717, 1.165) is 25.0 Å². The van der Waals surface area contributed by atoms with Crippen LogP contribution in [-0.4, -0.2) is 39.0 Å². The summed E-state index contributed by atoms with van der Waals surface area (Å²) in [7, 11) is 1.70. The highest BCUT2D eigenvalue weighted by molar-refractivity contribution is 7.99. The number of hydrogen-bond acceptors (Lipinski definition) is 7. The molecule has 0 aliphatic heterocycles. The van der Waals surface area contributed by atoms with Crippen molar-refractivity contribution in [2.24, 2.45) is 0 Å². The van der Waals surface area contributed by atoms with Crippen molar-refractivity contribution in [3.05, 3.63) is 15.8 Å². The quantitative estimate of drug-likeness (QED) is 0.616. The van der Waals surface area contributed by atoms with E-state index in [1.807, 2.05) is 11.8 Å². The molecule has 1 aromatic rings. The van der Waals surface area contributed by atoms with Crippen molar-refractivity contribution in [2.45, 2.75) is 44.4 Å². The van der Waals surface area contributed by atoms with Crippen molar-refractivity contribution in [1.82, 2.24) is 9.97 Å². The van der Waals surface area contributed by atoms with E-state index in [1.165, 1.54) is 0 Å². The molecule has 0 bridgehead atoms. The molecule has 1 heterocycles. The van der Waals surface area contributed by atoms with Crippen LogP contribution in [0.5, 0.6) is 0 Å². The molecule has 116 valence electrons. The van der Waals surface area contributed by atoms with Crippen LogP contribution in [0.2, 0.25) is 0 Å². The Balaban J connectivity index is 2.19. The van der Waals surface area contributed by atoms with Gasteiger partial charge in [-0.05, 0) is 31.9 Å². The summed E-state index contributed by atoms with van der Waals surface area (Å²) in [5.74, 6) is 1.83. The zero-order chi connectivity index (χ0) is 15.4. The molecule has 1 fully saturated rings. The Morgan fingerprint density at radius 1 is 1.43 bits per heavy atom. The molecule has 2 atom stereocenters. The Morgan fingerprint density at radius 3 is 2.81 bits per heavy atom. The minimum atomic E-state index is -0.412. The van der Waals surface area contributed by atoms with Crippen LogP contribution in [0.25, 0.3) is 0 Å². The maximum atomic E-state index is 11.2. The van der Waals surface area contributed by atoms with Crippen molar-refractivity contribution < 1.29 is 4.92 Å². The fourth-order valence-corrected chi connectivity index (χ4v) is 3.79. The predicted molar refractivity (Wildman–Crippen MR) is 86.2 cm³/mol. The molecule has 2 rings (SSSR count). The molecular formula is C13H21N5O2S. The smallest absolute Gasteiger partial charge is 0.332 e. The summed E-state index contributed by atoms with van der Waals surface area (Å²) in [5, 5.41) is 18.0. The predicted octanol–water partition coefficient (Wildman–Crippen LogP) is 2.82. The van der Waals surface area contributed by atoms with Gasteiger partial charge in [0.15, 0.2) is 0 Å². The summed E-state index contributed by atoms with van der Waals surface area (Å²) in [6.07, 6.45) is 3.19. The molecule has 0 saturated heterocycles. The molecule has 7 nitrogen and oxygen atoms in total. The molecule has 1 aliphatic rings. The molecule has 1 aromatic heterocycles. The lowest BCUT2D eigenvalue weighted by molar-refractivity contribution is -0.385. The zero-order valence-corrected chi connectivity index (χ0v) is 13.4. The van der Waals surface area contributed by atoms with Crippen molar-refractivity contribution >= 4 is 29.2 Å². The second-order valence-electron chi connectivity index (χ2n) is 5.07. The normalized spacial score (nSPS) is 21.3. The van der Waals surface area contributed by atoms with E-state index in [-0.39, 0.29) is 11.7 Å². The summed E-state index contributed by atoms with van der Waals surface area (Å²) in [6.45, 7) is 3.79. The van der Waals surface area contributed by atoms with Gasteiger partial charge < -0.3 is 10.6 Å². The monoisotopic (exact) mass is 311 g/mol. The van der Waals surface area contributed by atoms with Gasteiger partial charge in [0.1, 0.15) is 5.69 Å². The summed E-state index contributed by atoms with van der Waals surface area (Å²) in [4.78, 5) is 19.1. The van der Waals surface area contributed by atoms with Crippen LogP contribution in [0, 0.1) is 17.0 Å². The number of hydrogen-bond donors (Lipinski definition) is 2. The van der Waals surface area contributed by atoms with Gasteiger partial charge in [0, 0.05) is 18.3 Å². The minimum Gasteiger partial charge on any atom is -0.361 e. The third kappa shape index (κ3) is 3.75. The SMILES string of the molecule is CCSC1CCC(Nc2nc(NC)nc(C)c2[N+](=O)[O-])C1. The number of thioether (sulfide) groups is 1. The average molecular weight is 311 g/mol. The Morgan fingerprint density at radius 2 is 2.19 bits per heavy atom. The Kier molecular flexibility index (Phi) is 5.22. The first-order valence-corrected chi connectivity index (χ1v) is 8.19. The van der Waals surface area contributed by atoms with Crippen molar-refractivity contribution in [3.63, 3.8) is 0 Å². The van der Waals surface area contributed by atoms with E-state index in [4.69, 9.17) is 0 Å². The van der Waals surface area contributed by atoms with Crippen molar-refractivity contribution in [2.75, 3.05) is 23.4 Å². The van der Waals surface area contributed by atoms with Gasteiger partial charge in [0.05, 0.1) is 4.92 Å². The third-order valence-electron chi connectivity index (χ3n) is 3.59. The number of rotatable bonds is 6. The van der Waals surface area contributed by atoms with E-state index >= 15 is 0 Å². The van der Waals surface area contributed by atoms with Crippen LogP contribution in [0.3, 0.4) is 0 Å². The molecule has 0 radical (unpaired) electrons. The van der Waals surface area contributed by atoms with E-state index in [9.17, 15) is 10.1 Å². The molecule has 2 unspecified atom stereocenters. The molecule has 1 aliphatic carbocycles. The molecule has 8 heteroatoms. The Hall–Kier alpha value is -1.57. The van der Waals surface area contributed by atoms with E-state index in [2.05, 4.69) is 27.5 Å². The largest absolute Gasteiger partial charge is 0.361 e. The van der Waals surface area contributed by atoms with Crippen molar-refractivity contribution in [3.8, 4) is 0 Å². The van der Waals surface area contributed by atoms with Crippen molar-refractivity contribution in [1.29, 1.82) is 0 Å². The molecule has 2 N–H and O–H groups in total. The van der Waals surface area contributed by atoms with Crippen LogP contribution in [0.1, 0.15) is 31.9 Å². The summed E-state index contributed by atoms with van der Waals surface area (Å²) >= 11 is 1.96. The van der Waals surface area contributed by atoms with Crippen LogP contribution in [-0.2, 0) is 0 Å². The number of nitro groups is 1. The third-order valence-corrected chi connectivity index (χ3v) is 4.83. The highest BCUT2D eigenvalue weighted by Gasteiger charge is 2.28. The van der Waals surface area contributed by atoms with Gasteiger partial charge >= 0.3 is 5.69 Å². The Labute approximate surface area is 128 Å². The van der Waals surface area contributed by atoms with Gasteiger partial charge in [-0.3, -0.25) is 10.1 Å². The first kappa shape index (κ1) is 15.8. The molecule has 0 spiro atoms. The van der Waals surface area contributed by atoms with Gasteiger partial charge in [0.25, 0.3) is 0 Å². The lowest BCUT2D eigenvalue weighted by atomic mass is 10.2. The highest BCUT2D eigenvalue weighted by Crippen LogP contribution is 2.34. The van der Waals surface area contributed by atoms with Crippen LogP contribution < -0.4 is 10.6 Å². The fourth-order valence-electron chi connectivity index (χ4n) is 2.65. The average Bonchev–Trinajstić information content (AvgIpc) is 2.85. The van der Waals surface area contributed by atoms with Gasteiger partial charge in [-0.25, -0.2) is 4.98 Å². The molecule has 0 amide bonds. The molecular weight excluding hydrogens is 290 g/mol. The molecule has 21 heavy (non-hydrogen) atoms. The minimum absolute atomic E-state index is 0.0272. The maximum absolute atomic E-state index is 11.2. The number of aryl methyl sites for hydroxylation is 1. The van der Waals surface area contributed by atoms with Gasteiger partial charge in [-0.1, -0.05) is 6.92 Å². The number of aromatic nitrogens is 2. The lowest BCUT2D eigenvalue weighted by Gasteiger charge is -2.15. The first-order chi connectivity index (χ1) is 10.0. The lowest BCUT2D eigenvalue weighted by Crippen LogP contribution is -2.19. The van der Waals surface area contributed by atoms with E-state index in [1.54, 1.807) is 14.0 Å².